The van der Waals surface area contributed by atoms with Crippen molar-refractivity contribution in [3.05, 3.63) is 28.9 Å². The molecule has 2 rings (SSSR count). The fourth-order valence-electron chi connectivity index (χ4n) is 1.56. The van der Waals surface area contributed by atoms with E-state index in [4.69, 9.17) is 0 Å². The molecule has 2 heterocycles. The number of rotatable bonds is 5. The number of pyridine rings is 1. The predicted molar refractivity (Wildman–Crippen MR) is 74.4 cm³/mol. The minimum absolute atomic E-state index is 0.649. The molecule has 18 heavy (non-hydrogen) atoms. The molecule has 0 unspecified atom stereocenters. The van der Waals surface area contributed by atoms with E-state index in [0.717, 1.165) is 34.5 Å². The Hall–Kier alpha value is -1.33. The van der Waals surface area contributed by atoms with E-state index in [1.807, 2.05) is 25.1 Å². The van der Waals surface area contributed by atoms with Gasteiger partial charge in [0.15, 0.2) is 5.01 Å². The van der Waals surface area contributed by atoms with Gasteiger partial charge in [-0.15, -0.1) is 10.2 Å². The van der Waals surface area contributed by atoms with Crippen molar-refractivity contribution in [1.29, 1.82) is 0 Å². The largest absolute Gasteiger partial charge is 0.310 e. The summed E-state index contributed by atoms with van der Waals surface area (Å²) < 4.78 is 0. The zero-order valence-electron chi connectivity index (χ0n) is 11.0. The molecule has 0 saturated heterocycles. The molecular weight excluding hydrogens is 244 g/mol. The van der Waals surface area contributed by atoms with Crippen molar-refractivity contribution < 1.29 is 0 Å². The van der Waals surface area contributed by atoms with Crippen LogP contribution in [0.3, 0.4) is 0 Å². The predicted octanol–water partition coefficient (Wildman–Crippen LogP) is 2.65. The molecule has 0 spiro atoms. The van der Waals surface area contributed by atoms with Crippen LogP contribution < -0.4 is 5.32 Å². The Bertz CT molecular complexity index is 507. The van der Waals surface area contributed by atoms with Crippen molar-refractivity contribution >= 4 is 11.3 Å². The van der Waals surface area contributed by atoms with Crippen molar-refractivity contribution in [1.82, 2.24) is 20.5 Å². The lowest BCUT2D eigenvalue weighted by molar-refractivity contribution is 0.550. The number of nitrogens with one attached hydrogen (secondary N) is 1. The van der Waals surface area contributed by atoms with Crippen LogP contribution in [0.5, 0.6) is 0 Å². The fraction of sp³-hybridized carbons (Fsp3) is 0.462. The van der Waals surface area contributed by atoms with Crippen LogP contribution in [-0.4, -0.2) is 21.7 Å². The van der Waals surface area contributed by atoms with Crippen LogP contribution in [0.4, 0.5) is 0 Å². The summed E-state index contributed by atoms with van der Waals surface area (Å²) in [7, 11) is 0. The van der Waals surface area contributed by atoms with Crippen molar-refractivity contribution in [2.45, 2.75) is 27.3 Å². The Morgan fingerprint density at radius 2 is 2.11 bits per heavy atom. The van der Waals surface area contributed by atoms with Crippen LogP contribution in [-0.2, 0) is 6.54 Å². The van der Waals surface area contributed by atoms with Gasteiger partial charge in [-0.3, -0.25) is 4.98 Å². The van der Waals surface area contributed by atoms with Gasteiger partial charge in [0.05, 0.1) is 0 Å². The van der Waals surface area contributed by atoms with E-state index in [1.54, 1.807) is 11.3 Å². The normalized spacial score (nSPS) is 11.1. The maximum atomic E-state index is 4.45. The van der Waals surface area contributed by atoms with Gasteiger partial charge in [-0.05, 0) is 31.5 Å². The number of aryl methyl sites for hydroxylation is 1. The van der Waals surface area contributed by atoms with Crippen LogP contribution >= 0.6 is 11.3 Å². The van der Waals surface area contributed by atoms with Gasteiger partial charge in [-0.2, -0.15) is 0 Å². The van der Waals surface area contributed by atoms with E-state index in [0.29, 0.717) is 5.92 Å². The second-order valence-corrected chi connectivity index (χ2v) is 5.75. The van der Waals surface area contributed by atoms with E-state index < -0.39 is 0 Å². The zero-order valence-corrected chi connectivity index (χ0v) is 11.8. The first-order valence-corrected chi connectivity index (χ1v) is 6.94. The van der Waals surface area contributed by atoms with E-state index in [-0.39, 0.29) is 0 Å². The minimum atomic E-state index is 0.649. The molecule has 0 saturated carbocycles. The Kier molecular flexibility index (Phi) is 4.38. The molecule has 0 aromatic carbocycles. The van der Waals surface area contributed by atoms with Crippen molar-refractivity contribution in [2.24, 2.45) is 5.92 Å². The monoisotopic (exact) mass is 262 g/mol. The van der Waals surface area contributed by atoms with Gasteiger partial charge in [0.2, 0.25) is 0 Å². The maximum absolute atomic E-state index is 4.45. The Balaban J connectivity index is 2.02. The fourth-order valence-corrected chi connectivity index (χ4v) is 2.34. The van der Waals surface area contributed by atoms with Crippen LogP contribution in [0.2, 0.25) is 0 Å². The molecule has 5 heteroatoms. The minimum Gasteiger partial charge on any atom is -0.310 e. The third-order valence-corrected chi connectivity index (χ3v) is 3.35. The number of hydrogen-bond donors (Lipinski definition) is 1. The SMILES string of the molecule is Cc1cccc(-c2nnc(CNCC(C)C)s2)n1. The highest BCUT2D eigenvalue weighted by Crippen LogP contribution is 2.21. The molecule has 2 aromatic rings. The summed E-state index contributed by atoms with van der Waals surface area (Å²) in [6.45, 7) is 8.14. The smallest absolute Gasteiger partial charge is 0.166 e. The van der Waals surface area contributed by atoms with Crippen LogP contribution in [0.25, 0.3) is 10.7 Å². The number of aromatic nitrogens is 3. The lowest BCUT2D eigenvalue weighted by Gasteiger charge is -2.03. The lowest BCUT2D eigenvalue weighted by Crippen LogP contribution is -2.18. The van der Waals surface area contributed by atoms with Gasteiger partial charge >= 0.3 is 0 Å². The first-order chi connectivity index (χ1) is 8.65. The summed E-state index contributed by atoms with van der Waals surface area (Å²) in [5.74, 6) is 0.649. The summed E-state index contributed by atoms with van der Waals surface area (Å²) in [6, 6.07) is 5.95. The Morgan fingerprint density at radius 1 is 1.28 bits per heavy atom. The highest BCUT2D eigenvalue weighted by Gasteiger charge is 2.07. The third-order valence-electron chi connectivity index (χ3n) is 2.40. The molecule has 1 N–H and O–H groups in total. The highest BCUT2D eigenvalue weighted by molar-refractivity contribution is 7.14. The van der Waals surface area contributed by atoms with Gasteiger partial charge in [0.25, 0.3) is 0 Å². The van der Waals surface area contributed by atoms with E-state index >= 15 is 0 Å². The quantitative estimate of drug-likeness (QED) is 0.900. The van der Waals surface area contributed by atoms with Crippen molar-refractivity contribution in [3.8, 4) is 10.7 Å². The lowest BCUT2D eigenvalue weighted by atomic mass is 10.2. The molecule has 0 radical (unpaired) electrons. The Labute approximate surface area is 111 Å². The molecule has 96 valence electrons. The van der Waals surface area contributed by atoms with E-state index in [1.165, 1.54) is 0 Å². The van der Waals surface area contributed by atoms with Gasteiger partial charge in [-0.25, -0.2) is 0 Å². The Morgan fingerprint density at radius 3 is 2.83 bits per heavy atom. The summed E-state index contributed by atoms with van der Waals surface area (Å²) in [6.07, 6.45) is 0. The first-order valence-electron chi connectivity index (χ1n) is 6.12. The average Bonchev–Trinajstić information content (AvgIpc) is 2.77. The van der Waals surface area contributed by atoms with Crippen LogP contribution in [0, 0.1) is 12.8 Å². The van der Waals surface area contributed by atoms with Crippen molar-refractivity contribution in [3.63, 3.8) is 0 Å². The third kappa shape index (κ3) is 3.58. The topological polar surface area (TPSA) is 50.7 Å². The molecule has 0 fully saturated rings. The maximum Gasteiger partial charge on any atom is 0.166 e. The summed E-state index contributed by atoms with van der Waals surface area (Å²) in [4.78, 5) is 4.45. The second-order valence-electron chi connectivity index (χ2n) is 4.69. The van der Waals surface area contributed by atoms with Crippen molar-refractivity contribution in [2.75, 3.05) is 6.54 Å². The van der Waals surface area contributed by atoms with Gasteiger partial charge in [-0.1, -0.05) is 31.3 Å². The van der Waals surface area contributed by atoms with Gasteiger partial charge < -0.3 is 5.32 Å². The molecule has 0 bridgehead atoms. The molecule has 4 nitrogen and oxygen atoms in total. The van der Waals surface area contributed by atoms with Crippen LogP contribution in [0.1, 0.15) is 24.5 Å². The molecular formula is C13H18N4S. The average molecular weight is 262 g/mol. The number of nitrogens with zero attached hydrogens (tertiary/aromatic N) is 3. The standard InChI is InChI=1S/C13H18N4S/c1-9(2)7-14-8-12-16-17-13(18-12)11-6-4-5-10(3)15-11/h4-6,9,14H,7-8H2,1-3H3. The molecule has 2 aromatic heterocycles. The summed E-state index contributed by atoms with van der Waals surface area (Å²) >= 11 is 1.60. The van der Waals surface area contributed by atoms with Gasteiger partial charge in [0.1, 0.15) is 10.7 Å². The first kappa shape index (κ1) is 13.1. The van der Waals surface area contributed by atoms with E-state index in [2.05, 4.69) is 34.3 Å². The molecule has 0 atom stereocenters. The van der Waals surface area contributed by atoms with E-state index in [9.17, 15) is 0 Å². The molecule has 0 amide bonds. The van der Waals surface area contributed by atoms with Crippen LogP contribution in [0.15, 0.2) is 18.2 Å². The summed E-state index contributed by atoms with van der Waals surface area (Å²) in [5.41, 5.74) is 1.91. The zero-order chi connectivity index (χ0) is 13.0. The summed E-state index contributed by atoms with van der Waals surface area (Å²) in [5, 5.41) is 13.6. The van der Waals surface area contributed by atoms with Gasteiger partial charge in [0, 0.05) is 12.2 Å². The highest BCUT2D eigenvalue weighted by atomic mass is 32.1. The molecule has 0 aliphatic rings. The molecule has 0 aliphatic carbocycles. The number of hydrogen-bond acceptors (Lipinski definition) is 5. The molecule has 0 aliphatic heterocycles. The second kappa shape index (κ2) is 6.02.